The number of nitrogens with one attached hydrogen (secondary N) is 1. The molecule has 2 heterocycles. The van der Waals surface area contributed by atoms with Crippen molar-refractivity contribution in [3.05, 3.63) is 11.8 Å². The van der Waals surface area contributed by atoms with Crippen molar-refractivity contribution in [2.75, 3.05) is 11.9 Å². The minimum absolute atomic E-state index is 0.00685. The van der Waals surface area contributed by atoms with Gasteiger partial charge in [0.2, 0.25) is 5.91 Å². The second kappa shape index (κ2) is 3.76. The molecule has 1 aromatic rings. The molecule has 1 N–H and O–H groups in total. The van der Waals surface area contributed by atoms with E-state index >= 15 is 0 Å². The molecular formula is C9H9N3O4. The normalized spacial score (nSPS) is 14.3. The van der Waals surface area contributed by atoms with Gasteiger partial charge in [0.15, 0.2) is 5.69 Å². The Hall–Kier alpha value is -2.18. The second-order valence-corrected chi connectivity index (χ2v) is 3.17. The summed E-state index contributed by atoms with van der Waals surface area (Å²) in [6, 6.07) is 1.31. The Bertz CT molecular complexity index is 477. The predicted molar refractivity (Wildman–Crippen MR) is 52.1 cm³/mol. The Kier molecular flexibility index (Phi) is 2.43. The molecule has 1 aromatic heterocycles. The standard InChI is InChI=1S/C9H9N3O4/c1-2-16-9(15)5-3-6-10-7(13)4-8(14)12(6)11-5/h3H,2,4H2,1H3,(H,10,13). The summed E-state index contributed by atoms with van der Waals surface area (Å²) in [7, 11) is 0. The van der Waals surface area contributed by atoms with Crippen LogP contribution in [0.15, 0.2) is 6.07 Å². The van der Waals surface area contributed by atoms with Gasteiger partial charge in [0.05, 0.1) is 6.61 Å². The number of hydrogen-bond acceptors (Lipinski definition) is 5. The third kappa shape index (κ3) is 1.67. The van der Waals surface area contributed by atoms with E-state index in [4.69, 9.17) is 4.74 Å². The molecule has 1 aliphatic heterocycles. The highest BCUT2D eigenvalue weighted by atomic mass is 16.5. The topological polar surface area (TPSA) is 90.3 Å². The summed E-state index contributed by atoms with van der Waals surface area (Å²) in [4.78, 5) is 33.8. The zero-order chi connectivity index (χ0) is 11.7. The van der Waals surface area contributed by atoms with E-state index in [2.05, 4.69) is 10.4 Å². The van der Waals surface area contributed by atoms with Crippen LogP contribution in [0.2, 0.25) is 0 Å². The van der Waals surface area contributed by atoms with E-state index in [0.717, 1.165) is 4.68 Å². The Morgan fingerprint density at radius 2 is 2.38 bits per heavy atom. The van der Waals surface area contributed by atoms with Gasteiger partial charge in [0.1, 0.15) is 12.2 Å². The number of rotatable bonds is 2. The lowest BCUT2D eigenvalue weighted by atomic mass is 10.3. The summed E-state index contributed by atoms with van der Waals surface area (Å²) < 4.78 is 5.72. The Morgan fingerprint density at radius 1 is 1.62 bits per heavy atom. The van der Waals surface area contributed by atoms with Crippen molar-refractivity contribution >= 4 is 23.6 Å². The number of esters is 1. The first kappa shape index (κ1) is 10.3. The van der Waals surface area contributed by atoms with E-state index in [1.807, 2.05) is 0 Å². The Morgan fingerprint density at radius 3 is 3.06 bits per heavy atom. The molecule has 1 amide bonds. The zero-order valence-electron chi connectivity index (χ0n) is 8.52. The lowest BCUT2D eigenvalue weighted by Gasteiger charge is -2.11. The van der Waals surface area contributed by atoms with Crippen molar-refractivity contribution in [1.29, 1.82) is 0 Å². The molecule has 16 heavy (non-hydrogen) atoms. The van der Waals surface area contributed by atoms with Gasteiger partial charge in [-0.2, -0.15) is 9.78 Å². The number of nitrogens with zero attached hydrogens (tertiary/aromatic N) is 2. The van der Waals surface area contributed by atoms with Crippen LogP contribution < -0.4 is 5.32 Å². The van der Waals surface area contributed by atoms with Crippen LogP contribution in [0.5, 0.6) is 0 Å². The fraction of sp³-hybridized carbons (Fsp3) is 0.333. The maximum absolute atomic E-state index is 11.4. The number of ether oxygens (including phenoxy) is 1. The first-order chi connectivity index (χ1) is 7.61. The minimum atomic E-state index is -0.619. The quantitative estimate of drug-likeness (QED) is 0.564. The van der Waals surface area contributed by atoms with Crippen molar-refractivity contribution < 1.29 is 19.1 Å². The van der Waals surface area contributed by atoms with E-state index in [0.29, 0.717) is 0 Å². The predicted octanol–water partition coefficient (Wildman–Crippen LogP) is 0.0422. The third-order valence-corrected chi connectivity index (χ3v) is 2.01. The molecule has 0 fully saturated rings. The van der Waals surface area contributed by atoms with Crippen molar-refractivity contribution in [3.63, 3.8) is 0 Å². The number of anilines is 1. The number of hydrogen-bond donors (Lipinski definition) is 1. The summed E-state index contributed by atoms with van der Waals surface area (Å²) in [5, 5.41) is 6.20. The van der Waals surface area contributed by atoms with Gasteiger partial charge in [-0.3, -0.25) is 9.59 Å². The van der Waals surface area contributed by atoms with E-state index in [9.17, 15) is 14.4 Å². The van der Waals surface area contributed by atoms with Crippen LogP contribution in [0.3, 0.4) is 0 Å². The van der Waals surface area contributed by atoms with E-state index in [1.165, 1.54) is 6.07 Å². The monoisotopic (exact) mass is 223 g/mol. The first-order valence-corrected chi connectivity index (χ1v) is 4.72. The van der Waals surface area contributed by atoms with Crippen molar-refractivity contribution in [1.82, 2.24) is 9.78 Å². The molecule has 1 aliphatic rings. The maximum Gasteiger partial charge on any atom is 0.358 e. The molecule has 0 bridgehead atoms. The highest BCUT2D eigenvalue weighted by molar-refractivity contribution is 6.09. The van der Waals surface area contributed by atoms with Crippen LogP contribution in [0, 0.1) is 0 Å². The zero-order valence-corrected chi connectivity index (χ0v) is 8.52. The van der Waals surface area contributed by atoms with Crippen molar-refractivity contribution in [3.8, 4) is 0 Å². The van der Waals surface area contributed by atoms with Gasteiger partial charge in [-0.25, -0.2) is 4.79 Å². The highest BCUT2D eigenvalue weighted by Gasteiger charge is 2.26. The van der Waals surface area contributed by atoms with Gasteiger partial charge < -0.3 is 10.1 Å². The largest absolute Gasteiger partial charge is 0.461 e. The minimum Gasteiger partial charge on any atom is -0.461 e. The molecule has 0 unspecified atom stereocenters. The average molecular weight is 223 g/mol. The first-order valence-electron chi connectivity index (χ1n) is 4.72. The third-order valence-electron chi connectivity index (χ3n) is 2.01. The summed E-state index contributed by atoms with van der Waals surface area (Å²) >= 11 is 0. The molecule has 0 spiro atoms. The fourth-order valence-electron chi connectivity index (χ4n) is 1.36. The lowest BCUT2D eigenvalue weighted by molar-refractivity contribution is -0.115. The Labute approximate surface area is 90.4 Å². The fourth-order valence-corrected chi connectivity index (χ4v) is 1.36. The molecule has 2 rings (SSSR count). The number of carbonyl (C=O) groups is 3. The molecule has 0 atom stereocenters. The number of carbonyl (C=O) groups excluding carboxylic acids is 3. The van der Waals surface area contributed by atoms with E-state index in [-0.39, 0.29) is 24.5 Å². The smallest absolute Gasteiger partial charge is 0.358 e. The van der Waals surface area contributed by atoms with Gasteiger partial charge in [-0.1, -0.05) is 0 Å². The molecule has 7 nitrogen and oxygen atoms in total. The summed E-state index contributed by atoms with van der Waals surface area (Å²) in [5.74, 6) is -1.29. The molecular weight excluding hydrogens is 214 g/mol. The SMILES string of the molecule is CCOC(=O)c1cc2n(n1)C(=O)CC(=O)N2. The van der Waals surface area contributed by atoms with Crippen LogP contribution >= 0.6 is 0 Å². The number of fused-ring (bicyclic) bond motifs is 1. The van der Waals surface area contributed by atoms with Crippen LogP contribution in [0.4, 0.5) is 5.82 Å². The second-order valence-electron chi connectivity index (χ2n) is 3.17. The van der Waals surface area contributed by atoms with Crippen molar-refractivity contribution in [2.24, 2.45) is 0 Å². The molecule has 0 aromatic carbocycles. The molecule has 84 valence electrons. The number of amides is 1. The van der Waals surface area contributed by atoms with Crippen molar-refractivity contribution in [2.45, 2.75) is 13.3 Å². The van der Waals surface area contributed by atoms with Crippen LogP contribution in [0.25, 0.3) is 0 Å². The molecule has 7 heteroatoms. The summed E-state index contributed by atoms with van der Waals surface area (Å²) in [6.45, 7) is 1.89. The van der Waals surface area contributed by atoms with Gasteiger partial charge in [-0.15, -0.1) is 0 Å². The maximum atomic E-state index is 11.4. The summed E-state index contributed by atoms with van der Waals surface area (Å²) in [5.41, 5.74) is 0.00685. The molecule has 0 saturated heterocycles. The van der Waals surface area contributed by atoms with Gasteiger partial charge in [0.25, 0.3) is 5.91 Å². The lowest BCUT2D eigenvalue weighted by Crippen LogP contribution is -2.29. The van der Waals surface area contributed by atoms with Gasteiger partial charge >= 0.3 is 5.97 Å². The van der Waals surface area contributed by atoms with E-state index in [1.54, 1.807) is 6.92 Å². The molecule has 0 aliphatic carbocycles. The van der Waals surface area contributed by atoms with Crippen LogP contribution in [-0.4, -0.2) is 34.2 Å². The highest BCUT2D eigenvalue weighted by Crippen LogP contribution is 2.16. The Balaban J connectivity index is 2.33. The van der Waals surface area contributed by atoms with Crippen LogP contribution in [-0.2, 0) is 9.53 Å². The van der Waals surface area contributed by atoms with Gasteiger partial charge in [-0.05, 0) is 6.92 Å². The summed E-state index contributed by atoms with van der Waals surface area (Å²) in [6.07, 6.45) is -0.267. The van der Waals surface area contributed by atoms with Gasteiger partial charge in [0, 0.05) is 6.07 Å². The average Bonchev–Trinajstić information content (AvgIpc) is 2.62. The molecule has 0 radical (unpaired) electrons. The molecule has 0 saturated carbocycles. The van der Waals surface area contributed by atoms with Crippen LogP contribution in [0.1, 0.15) is 28.6 Å². The van der Waals surface area contributed by atoms with E-state index < -0.39 is 17.8 Å². The number of aromatic nitrogens is 2.